The second-order valence-electron chi connectivity index (χ2n) is 9.14. The second-order valence-corrected chi connectivity index (χ2v) is 9.14. The lowest BCUT2D eigenvalue weighted by Crippen LogP contribution is -2.50. The Morgan fingerprint density at radius 1 is 1.18 bits per heavy atom. The third-order valence-electron chi connectivity index (χ3n) is 6.71. The highest BCUT2D eigenvalue weighted by Crippen LogP contribution is 2.35. The number of fused-ring (bicyclic) bond motifs is 1. The van der Waals surface area contributed by atoms with Crippen molar-refractivity contribution >= 4 is 11.5 Å². The van der Waals surface area contributed by atoms with Crippen LogP contribution in [-0.2, 0) is 24.2 Å². The lowest BCUT2D eigenvalue weighted by Gasteiger charge is -2.38. The van der Waals surface area contributed by atoms with E-state index in [0.29, 0.717) is 24.4 Å². The van der Waals surface area contributed by atoms with Gasteiger partial charge in [0.1, 0.15) is 18.1 Å². The van der Waals surface area contributed by atoms with Gasteiger partial charge in [-0.05, 0) is 66.6 Å². The number of aryl methyl sites for hydroxylation is 2. The number of carbonyl (C=O) groups is 1. The molecule has 2 aromatic carbocycles. The van der Waals surface area contributed by atoms with Crippen molar-refractivity contribution in [1.82, 2.24) is 4.90 Å². The molecular formula is C27H31F2NO4. The molecule has 2 aliphatic rings. The number of allylic oxidation sites excluding steroid dienone is 1. The van der Waals surface area contributed by atoms with E-state index in [4.69, 9.17) is 14.6 Å². The summed E-state index contributed by atoms with van der Waals surface area (Å²) in [5, 5.41) is 9.08. The van der Waals surface area contributed by atoms with Crippen LogP contribution in [0.4, 0.5) is 8.78 Å². The summed E-state index contributed by atoms with van der Waals surface area (Å²) in [6.45, 7) is 3.47. The average Bonchev–Trinajstić information content (AvgIpc) is 2.76. The number of benzene rings is 2. The molecule has 1 heterocycles. The second kappa shape index (κ2) is 10.6. The van der Waals surface area contributed by atoms with Gasteiger partial charge in [-0.15, -0.1) is 0 Å². The van der Waals surface area contributed by atoms with E-state index >= 15 is 0 Å². The van der Waals surface area contributed by atoms with Crippen LogP contribution in [0, 0.1) is 5.92 Å². The van der Waals surface area contributed by atoms with Crippen LogP contribution in [0.15, 0.2) is 42.0 Å². The molecule has 0 aromatic heterocycles. The smallest absolute Gasteiger partial charge is 0.387 e. The molecule has 0 atom stereocenters. The molecule has 2 aromatic rings. The molecule has 5 nitrogen and oxygen atoms in total. The Kier molecular flexibility index (Phi) is 7.51. The molecule has 34 heavy (non-hydrogen) atoms. The molecule has 0 unspecified atom stereocenters. The zero-order valence-corrected chi connectivity index (χ0v) is 19.7. The number of likely N-dealkylation sites (tertiary alicyclic amines) is 1. The number of hydrogen-bond donors (Lipinski definition) is 1. The van der Waals surface area contributed by atoms with Gasteiger partial charge in [0.15, 0.2) is 0 Å². The molecule has 0 radical (unpaired) electrons. The van der Waals surface area contributed by atoms with Gasteiger partial charge in [-0.3, -0.25) is 9.69 Å². The average molecular weight is 472 g/mol. The quantitative estimate of drug-likeness (QED) is 0.492. The van der Waals surface area contributed by atoms with Crippen LogP contribution in [-0.4, -0.2) is 42.2 Å². The Morgan fingerprint density at radius 3 is 2.68 bits per heavy atom. The first-order chi connectivity index (χ1) is 16.3. The van der Waals surface area contributed by atoms with E-state index in [9.17, 15) is 13.6 Å². The lowest BCUT2D eigenvalue weighted by molar-refractivity contribution is -0.147. The summed E-state index contributed by atoms with van der Waals surface area (Å²) in [4.78, 5) is 13.2. The predicted molar refractivity (Wildman–Crippen MR) is 126 cm³/mol. The molecule has 4 rings (SSSR count). The van der Waals surface area contributed by atoms with E-state index in [0.717, 1.165) is 37.8 Å². The van der Waals surface area contributed by atoms with Crippen LogP contribution < -0.4 is 9.47 Å². The van der Waals surface area contributed by atoms with Gasteiger partial charge < -0.3 is 14.6 Å². The largest absolute Gasteiger partial charge is 0.489 e. The van der Waals surface area contributed by atoms with Crippen molar-refractivity contribution < 1.29 is 28.2 Å². The van der Waals surface area contributed by atoms with E-state index in [2.05, 4.69) is 17.9 Å². The van der Waals surface area contributed by atoms with E-state index < -0.39 is 12.6 Å². The number of halogens is 2. The van der Waals surface area contributed by atoms with Crippen LogP contribution in [0.2, 0.25) is 0 Å². The number of nitrogens with zero attached hydrogens (tertiary/aromatic N) is 1. The highest BCUT2D eigenvalue weighted by molar-refractivity contribution is 5.73. The molecule has 1 aliphatic carbocycles. The highest BCUT2D eigenvalue weighted by Gasteiger charge is 2.33. The fourth-order valence-electron chi connectivity index (χ4n) is 4.75. The van der Waals surface area contributed by atoms with Crippen LogP contribution in [0.1, 0.15) is 48.9 Å². The maximum absolute atomic E-state index is 12.9. The van der Waals surface area contributed by atoms with Gasteiger partial charge in [0, 0.05) is 25.2 Å². The summed E-state index contributed by atoms with van der Waals surface area (Å²) in [5.41, 5.74) is 6.54. The summed E-state index contributed by atoms with van der Waals surface area (Å²) in [5.74, 6) is -0.0969. The van der Waals surface area contributed by atoms with Gasteiger partial charge in [-0.2, -0.15) is 8.78 Å². The van der Waals surface area contributed by atoms with E-state index in [1.54, 1.807) is 12.1 Å². The number of hydrogen-bond acceptors (Lipinski definition) is 4. The van der Waals surface area contributed by atoms with Gasteiger partial charge in [0.25, 0.3) is 0 Å². The Hall–Kier alpha value is -2.93. The summed E-state index contributed by atoms with van der Waals surface area (Å²) >= 11 is 0. The third kappa shape index (κ3) is 5.58. The van der Waals surface area contributed by atoms with Crippen molar-refractivity contribution in [3.8, 4) is 11.5 Å². The van der Waals surface area contributed by atoms with Crippen LogP contribution >= 0.6 is 0 Å². The number of carboxylic acids is 1. The first-order valence-electron chi connectivity index (χ1n) is 11.8. The first-order valence-corrected chi connectivity index (χ1v) is 11.8. The Morgan fingerprint density at radius 2 is 1.97 bits per heavy atom. The minimum absolute atomic E-state index is 0.146. The standard InChI is InChI=1S/C27H31F2NO4/c1-3-4-18-5-6-21(25(11-18)34-27(28)29)16-33-23-9-10-24-17(2)20(8-7-19(24)12-23)13-30-14-22(15-30)26(31)32/h5-6,9-12,22,27H,3-4,7-8,13-16H2,1-2H3,(H,31,32). The van der Waals surface area contributed by atoms with Crippen molar-refractivity contribution in [2.24, 2.45) is 5.92 Å². The molecule has 0 saturated carbocycles. The normalized spacial score (nSPS) is 16.4. The van der Waals surface area contributed by atoms with Gasteiger partial charge >= 0.3 is 12.6 Å². The molecule has 1 fully saturated rings. The van der Waals surface area contributed by atoms with Crippen molar-refractivity contribution in [2.45, 2.75) is 52.7 Å². The molecule has 0 spiro atoms. The Labute approximate surface area is 199 Å². The fourth-order valence-corrected chi connectivity index (χ4v) is 4.75. The van der Waals surface area contributed by atoms with Gasteiger partial charge in [0.05, 0.1) is 5.92 Å². The number of rotatable bonds is 10. The highest BCUT2D eigenvalue weighted by atomic mass is 19.3. The van der Waals surface area contributed by atoms with E-state index in [-0.39, 0.29) is 18.3 Å². The number of aliphatic carboxylic acids is 1. The molecular weight excluding hydrogens is 440 g/mol. The topological polar surface area (TPSA) is 59.0 Å². The van der Waals surface area contributed by atoms with Crippen molar-refractivity contribution in [2.75, 3.05) is 19.6 Å². The summed E-state index contributed by atoms with van der Waals surface area (Å²) in [6.07, 6.45) is 3.55. The maximum atomic E-state index is 12.9. The SMILES string of the molecule is CCCc1ccc(COc2ccc3c(c2)CCC(CN2CC(C(=O)O)C2)=C3C)c(OC(F)F)c1. The third-order valence-corrected chi connectivity index (χ3v) is 6.71. The first kappa shape index (κ1) is 24.2. The van der Waals surface area contributed by atoms with Crippen LogP contribution in [0.3, 0.4) is 0 Å². The summed E-state index contributed by atoms with van der Waals surface area (Å²) < 4.78 is 36.5. The summed E-state index contributed by atoms with van der Waals surface area (Å²) in [7, 11) is 0. The monoisotopic (exact) mass is 471 g/mol. The zero-order valence-electron chi connectivity index (χ0n) is 19.7. The Bertz CT molecular complexity index is 1080. The van der Waals surface area contributed by atoms with Crippen LogP contribution in [0.25, 0.3) is 5.57 Å². The molecule has 1 N–H and O–H groups in total. The number of carboxylic acid groups (broad SMARTS) is 1. The predicted octanol–water partition coefficient (Wildman–Crippen LogP) is 5.56. The zero-order chi connectivity index (χ0) is 24.2. The summed E-state index contributed by atoms with van der Waals surface area (Å²) in [6, 6.07) is 11.4. The van der Waals surface area contributed by atoms with Crippen LogP contribution in [0.5, 0.6) is 11.5 Å². The molecule has 1 aliphatic heterocycles. The molecule has 182 valence electrons. The minimum atomic E-state index is -2.88. The van der Waals surface area contributed by atoms with Crippen molar-refractivity contribution in [1.29, 1.82) is 0 Å². The molecule has 0 amide bonds. The molecule has 7 heteroatoms. The fraction of sp³-hybridized carbons (Fsp3) is 0.444. The van der Waals surface area contributed by atoms with Crippen molar-refractivity contribution in [3.63, 3.8) is 0 Å². The van der Waals surface area contributed by atoms with Gasteiger partial charge in [0.2, 0.25) is 0 Å². The number of ether oxygens (including phenoxy) is 2. The van der Waals surface area contributed by atoms with Crippen molar-refractivity contribution in [3.05, 3.63) is 64.2 Å². The van der Waals surface area contributed by atoms with E-state index in [1.165, 1.54) is 22.3 Å². The minimum Gasteiger partial charge on any atom is -0.489 e. The van der Waals surface area contributed by atoms with E-state index in [1.807, 2.05) is 25.1 Å². The van der Waals surface area contributed by atoms with Gasteiger partial charge in [-0.1, -0.05) is 37.1 Å². The Balaban J connectivity index is 1.42. The molecule has 1 saturated heterocycles. The number of alkyl halides is 2. The molecule has 0 bridgehead atoms. The lowest BCUT2D eigenvalue weighted by atomic mass is 9.85. The van der Waals surface area contributed by atoms with Gasteiger partial charge in [-0.25, -0.2) is 0 Å². The maximum Gasteiger partial charge on any atom is 0.387 e.